The van der Waals surface area contributed by atoms with Gasteiger partial charge >= 0.3 is 0 Å². The number of fused-ring (bicyclic) bond motifs is 2. The number of quaternary nitrogens is 1. The maximum absolute atomic E-state index is 13.0. The number of carbonyl (C=O) groups excluding carboxylic acids is 1. The van der Waals surface area contributed by atoms with Gasteiger partial charge in [-0.2, -0.15) is 0 Å². The summed E-state index contributed by atoms with van der Waals surface area (Å²) in [5.74, 6) is 1.99. The van der Waals surface area contributed by atoms with Crippen LogP contribution in [0.15, 0.2) is 36.4 Å². The number of carbonyl (C=O) groups is 1. The van der Waals surface area contributed by atoms with Crippen molar-refractivity contribution in [3.8, 4) is 11.5 Å². The molecule has 0 bridgehead atoms. The number of hydrogen-bond donors (Lipinski definition) is 1. The van der Waals surface area contributed by atoms with E-state index < -0.39 is 0 Å². The highest BCUT2D eigenvalue weighted by Gasteiger charge is 2.32. The molecule has 152 valence electrons. The van der Waals surface area contributed by atoms with Gasteiger partial charge in [0.05, 0.1) is 38.7 Å². The molecule has 29 heavy (non-hydrogen) atoms. The third-order valence-corrected chi connectivity index (χ3v) is 6.50. The van der Waals surface area contributed by atoms with Crippen LogP contribution >= 0.6 is 11.6 Å². The molecule has 2 aromatic rings. The van der Waals surface area contributed by atoms with Crippen LogP contribution in [0, 0.1) is 5.92 Å². The predicted molar refractivity (Wildman–Crippen MR) is 111 cm³/mol. The summed E-state index contributed by atoms with van der Waals surface area (Å²) in [5.41, 5.74) is 3.72. The standard InChI is InChI=1S/C23H25ClN2O3/c24-20-2-4-22-18(13-20)12-19(15-29-22)23(27)26-8-6-25(7-9-26)14-16-1-3-21-17(11-16)5-10-28-21/h1-4,11,13,19H,5-10,12,14-15H2/p+1/t19-/m0/s1. The number of amides is 1. The van der Waals surface area contributed by atoms with Gasteiger partial charge in [0.25, 0.3) is 0 Å². The van der Waals surface area contributed by atoms with Crippen molar-refractivity contribution in [1.82, 2.24) is 4.90 Å². The molecule has 0 aliphatic carbocycles. The Kier molecular flexibility index (Phi) is 5.10. The molecule has 0 radical (unpaired) electrons. The molecule has 3 heterocycles. The quantitative estimate of drug-likeness (QED) is 0.833. The van der Waals surface area contributed by atoms with E-state index in [9.17, 15) is 4.79 Å². The average Bonchev–Trinajstić information content (AvgIpc) is 3.21. The van der Waals surface area contributed by atoms with Crippen molar-refractivity contribution in [1.29, 1.82) is 0 Å². The number of hydrogen-bond acceptors (Lipinski definition) is 3. The fourth-order valence-corrected chi connectivity index (χ4v) is 4.83. The van der Waals surface area contributed by atoms with Crippen molar-refractivity contribution in [2.45, 2.75) is 19.4 Å². The second-order valence-electron chi connectivity index (χ2n) is 8.26. The van der Waals surface area contributed by atoms with Crippen LogP contribution in [-0.4, -0.2) is 50.2 Å². The van der Waals surface area contributed by atoms with Crippen LogP contribution in [0.4, 0.5) is 0 Å². The Bertz CT molecular complexity index is 924. The number of piperazine rings is 1. The zero-order valence-electron chi connectivity index (χ0n) is 16.5. The van der Waals surface area contributed by atoms with Crippen molar-refractivity contribution >= 4 is 17.5 Å². The molecule has 1 fully saturated rings. The molecule has 0 saturated carbocycles. The summed E-state index contributed by atoms with van der Waals surface area (Å²) in [5, 5.41) is 0.691. The fraction of sp³-hybridized carbons (Fsp3) is 0.435. The summed E-state index contributed by atoms with van der Waals surface area (Å²) < 4.78 is 11.4. The predicted octanol–water partition coefficient (Wildman–Crippen LogP) is 1.75. The van der Waals surface area contributed by atoms with Crippen molar-refractivity contribution < 1.29 is 19.2 Å². The second-order valence-corrected chi connectivity index (χ2v) is 8.69. The van der Waals surface area contributed by atoms with E-state index in [0.29, 0.717) is 18.1 Å². The Hall–Kier alpha value is -2.24. The smallest absolute Gasteiger partial charge is 0.229 e. The van der Waals surface area contributed by atoms with Gasteiger partial charge in [0.15, 0.2) is 0 Å². The SMILES string of the molecule is O=C([C@@H]1COc2ccc(Cl)cc2C1)N1CC[NH+](Cc2ccc3c(c2)CCO3)CC1. The van der Waals surface area contributed by atoms with Gasteiger partial charge in [-0.25, -0.2) is 0 Å². The van der Waals surface area contributed by atoms with Gasteiger partial charge in [-0.15, -0.1) is 0 Å². The lowest BCUT2D eigenvalue weighted by molar-refractivity contribution is -0.917. The summed E-state index contributed by atoms with van der Waals surface area (Å²) in [6, 6.07) is 12.2. The summed E-state index contributed by atoms with van der Waals surface area (Å²) in [6.07, 6.45) is 1.72. The van der Waals surface area contributed by atoms with Crippen LogP contribution in [0.5, 0.6) is 11.5 Å². The molecule has 2 aromatic carbocycles. The van der Waals surface area contributed by atoms with Crippen molar-refractivity contribution in [2.75, 3.05) is 39.4 Å². The third kappa shape index (κ3) is 3.94. The first-order valence-corrected chi connectivity index (χ1v) is 10.8. The average molecular weight is 414 g/mol. The Morgan fingerprint density at radius 2 is 1.86 bits per heavy atom. The Balaban J connectivity index is 1.16. The molecular formula is C23H26ClN2O3+. The minimum atomic E-state index is -0.112. The van der Waals surface area contributed by atoms with E-state index in [-0.39, 0.29) is 11.8 Å². The van der Waals surface area contributed by atoms with Gasteiger partial charge in [0, 0.05) is 17.0 Å². The monoisotopic (exact) mass is 413 g/mol. The molecule has 1 N–H and O–H groups in total. The Morgan fingerprint density at radius 1 is 1.07 bits per heavy atom. The first-order chi connectivity index (χ1) is 14.2. The maximum atomic E-state index is 13.0. The van der Waals surface area contributed by atoms with Gasteiger partial charge < -0.3 is 19.3 Å². The first kappa shape index (κ1) is 18.8. The summed E-state index contributed by atoms with van der Waals surface area (Å²) >= 11 is 6.11. The highest BCUT2D eigenvalue weighted by molar-refractivity contribution is 6.30. The van der Waals surface area contributed by atoms with Crippen molar-refractivity contribution in [3.05, 3.63) is 58.1 Å². The van der Waals surface area contributed by atoms with E-state index in [2.05, 4.69) is 18.2 Å². The van der Waals surface area contributed by atoms with Crippen LogP contribution < -0.4 is 14.4 Å². The maximum Gasteiger partial charge on any atom is 0.229 e. The molecule has 1 atom stereocenters. The summed E-state index contributed by atoms with van der Waals surface area (Å²) in [4.78, 5) is 16.6. The summed E-state index contributed by atoms with van der Waals surface area (Å²) in [6.45, 7) is 5.84. The topological polar surface area (TPSA) is 43.2 Å². The first-order valence-electron chi connectivity index (χ1n) is 10.4. The van der Waals surface area contributed by atoms with Gasteiger partial charge in [-0.1, -0.05) is 11.6 Å². The Labute approximate surface area is 176 Å². The van der Waals surface area contributed by atoms with Crippen LogP contribution in [0.3, 0.4) is 0 Å². The fourth-order valence-electron chi connectivity index (χ4n) is 4.64. The lowest BCUT2D eigenvalue weighted by Crippen LogP contribution is -3.13. The number of nitrogens with one attached hydrogen (secondary N) is 1. The molecule has 5 rings (SSSR count). The highest BCUT2D eigenvalue weighted by Crippen LogP contribution is 2.30. The van der Waals surface area contributed by atoms with E-state index in [4.69, 9.17) is 21.1 Å². The number of benzene rings is 2. The third-order valence-electron chi connectivity index (χ3n) is 6.27. The largest absolute Gasteiger partial charge is 0.493 e. The number of halogens is 1. The van der Waals surface area contributed by atoms with Gasteiger partial charge in [0.1, 0.15) is 24.7 Å². The summed E-state index contributed by atoms with van der Waals surface area (Å²) in [7, 11) is 0. The molecule has 0 unspecified atom stereocenters. The number of ether oxygens (including phenoxy) is 2. The normalized spacial score (nSPS) is 21.1. The van der Waals surface area contributed by atoms with Gasteiger partial charge in [-0.05, 0) is 53.9 Å². The lowest BCUT2D eigenvalue weighted by atomic mass is 9.95. The van der Waals surface area contributed by atoms with E-state index in [1.54, 1.807) is 0 Å². The number of nitrogens with zero attached hydrogens (tertiary/aromatic N) is 1. The molecule has 0 aromatic heterocycles. The van der Waals surface area contributed by atoms with Crippen LogP contribution in [0.25, 0.3) is 0 Å². The van der Waals surface area contributed by atoms with Crippen LogP contribution in [-0.2, 0) is 24.2 Å². The van der Waals surface area contributed by atoms with Crippen LogP contribution in [0.1, 0.15) is 16.7 Å². The molecule has 6 heteroatoms. The molecular weight excluding hydrogens is 388 g/mol. The van der Waals surface area contributed by atoms with Gasteiger partial charge in [-0.3, -0.25) is 4.79 Å². The van der Waals surface area contributed by atoms with Crippen LogP contribution in [0.2, 0.25) is 5.02 Å². The van der Waals surface area contributed by atoms with E-state index in [1.165, 1.54) is 16.0 Å². The van der Waals surface area contributed by atoms with Crippen molar-refractivity contribution in [3.63, 3.8) is 0 Å². The lowest BCUT2D eigenvalue weighted by Gasteiger charge is -2.35. The highest BCUT2D eigenvalue weighted by atomic mass is 35.5. The minimum absolute atomic E-state index is 0.112. The van der Waals surface area contributed by atoms with Crippen molar-refractivity contribution in [2.24, 2.45) is 5.92 Å². The molecule has 3 aliphatic heterocycles. The molecule has 5 nitrogen and oxygen atoms in total. The zero-order valence-corrected chi connectivity index (χ0v) is 17.2. The molecule has 1 amide bonds. The molecule has 3 aliphatic rings. The second kappa shape index (κ2) is 7.88. The van der Waals surface area contributed by atoms with Gasteiger partial charge in [0.2, 0.25) is 5.91 Å². The zero-order chi connectivity index (χ0) is 19.8. The minimum Gasteiger partial charge on any atom is -0.493 e. The molecule has 1 saturated heterocycles. The van der Waals surface area contributed by atoms with E-state index in [0.717, 1.165) is 62.8 Å². The molecule has 0 spiro atoms. The Morgan fingerprint density at radius 3 is 2.72 bits per heavy atom. The number of rotatable bonds is 3. The van der Waals surface area contributed by atoms with E-state index >= 15 is 0 Å². The van der Waals surface area contributed by atoms with E-state index in [1.807, 2.05) is 23.1 Å².